The van der Waals surface area contributed by atoms with Crippen molar-refractivity contribution in [2.45, 2.75) is 20.8 Å². The second-order valence-corrected chi connectivity index (χ2v) is 6.20. The molecule has 2 aromatic carbocycles. The van der Waals surface area contributed by atoms with E-state index in [4.69, 9.17) is 0 Å². The first-order valence-corrected chi connectivity index (χ1v) is 8.67. The summed E-state index contributed by atoms with van der Waals surface area (Å²) in [6.07, 6.45) is 0. The minimum absolute atomic E-state index is 0.183. The quantitative estimate of drug-likeness (QED) is 0.709. The largest absolute Gasteiger partial charge is 0.307 e. The molecule has 0 saturated heterocycles. The number of rotatable bonds is 4. The molecule has 0 bridgehead atoms. The lowest BCUT2D eigenvalue weighted by molar-refractivity contribution is 0.0980. The van der Waals surface area contributed by atoms with E-state index in [1.807, 2.05) is 38.1 Å². The summed E-state index contributed by atoms with van der Waals surface area (Å²) in [4.78, 5) is 27.1. The van der Waals surface area contributed by atoms with Gasteiger partial charge in [-0.15, -0.1) is 0 Å². The first-order valence-electron chi connectivity index (χ1n) is 8.67. The Morgan fingerprint density at radius 1 is 1.11 bits per heavy atom. The van der Waals surface area contributed by atoms with Crippen molar-refractivity contribution in [1.82, 2.24) is 9.78 Å². The summed E-state index contributed by atoms with van der Waals surface area (Å²) in [7, 11) is 0. The first kappa shape index (κ1) is 18.5. The van der Waals surface area contributed by atoms with Crippen LogP contribution in [0.15, 0.2) is 59.4 Å². The standard InChI is InChI=1S/C21H20FN3O2/c1-4-24(17-11-7-5-9-14(17)2)21(27)20-19(26)13-15(3)25(23-20)18-12-8-6-10-16(18)22/h5-13H,4H2,1-3H3. The highest BCUT2D eigenvalue weighted by Gasteiger charge is 2.23. The van der Waals surface area contributed by atoms with Crippen LogP contribution in [-0.4, -0.2) is 22.2 Å². The molecule has 0 unspecified atom stereocenters. The van der Waals surface area contributed by atoms with E-state index < -0.39 is 17.2 Å². The van der Waals surface area contributed by atoms with Gasteiger partial charge in [0, 0.05) is 24.0 Å². The van der Waals surface area contributed by atoms with Crippen LogP contribution in [0.2, 0.25) is 0 Å². The van der Waals surface area contributed by atoms with Crippen LogP contribution in [0, 0.1) is 19.7 Å². The fourth-order valence-corrected chi connectivity index (χ4v) is 2.98. The smallest absolute Gasteiger partial charge is 0.282 e. The van der Waals surface area contributed by atoms with Crippen molar-refractivity contribution in [3.05, 3.63) is 87.6 Å². The van der Waals surface area contributed by atoms with Crippen molar-refractivity contribution in [3.8, 4) is 5.69 Å². The van der Waals surface area contributed by atoms with Gasteiger partial charge in [0.15, 0.2) is 5.69 Å². The Balaban J connectivity index is 2.13. The van der Waals surface area contributed by atoms with Gasteiger partial charge in [0.1, 0.15) is 11.5 Å². The van der Waals surface area contributed by atoms with Crippen molar-refractivity contribution < 1.29 is 9.18 Å². The van der Waals surface area contributed by atoms with Crippen LogP contribution in [0.5, 0.6) is 0 Å². The molecule has 1 amide bonds. The van der Waals surface area contributed by atoms with E-state index >= 15 is 0 Å². The average Bonchev–Trinajstić information content (AvgIpc) is 2.65. The number of hydrogen-bond acceptors (Lipinski definition) is 3. The number of aromatic nitrogens is 2. The lowest BCUT2D eigenvalue weighted by Gasteiger charge is -2.22. The maximum Gasteiger partial charge on any atom is 0.282 e. The van der Waals surface area contributed by atoms with Gasteiger partial charge in [0.05, 0.1) is 0 Å². The molecule has 27 heavy (non-hydrogen) atoms. The Morgan fingerprint density at radius 2 is 1.78 bits per heavy atom. The van der Waals surface area contributed by atoms with Crippen LogP contribution < -0.4 is 10.3 Å². The minimum Gasteiger partial charge on any atom is -0.307 e. The predicted octanol–water partition coefficient (Wildman–Crippen LogP) is 3.66. The van der Waals surface area contributed by atoms with Crippen LogP contribution in [0.25, 0.3) is 5.69 Å². The number of carbonyl (C=O) groups is 1. The maximum absolute atomic E-state index is 14.2. The topological polar surface area (TPSA) is 55.2 Å². The summed E-state index contributed by atoms with van der Waals surface area (Å²) < 4.78 is 15.5. The number of nitrogens with zero attached hydrogens (tertiary/aromatic N) is 3. The average molecular weight is 365 g/mol. The number of hydrogen-bond donors (Lipinski definition) is 0. The molecule has 0 atom stereocenters. The highest BCUT2D eigenvalue weighted by atomic mass is 19.1. The Kier molecular flexibility index (Phi) is 5.16. The normalized spacial score (nSPS) is 10.7. The summed E-state index contributed by atoms with van der Waals surface area (Å²) in [5.41, 5.74) is 1.52. The molecule has 6 heteroatoms. The number of carbonyl (C=O) groups excluding carboxylic acids is 1. The zero-order valence-corrected chi connectivity index (χ0v) is 15.4. The third kappa shape index (κ3) is 3.51. The molecule has 3 rings (SSSR count). The third-order valence-corrected chi connectivity index (χ3v) is 4.36. The zero-order valence-electron chi connectivity index (χ0n) is 15.4. The van der Waals surface area contributed by atoms with Crippen LogP contribution in [0.1, 0.15) is 28.7 Å². The minimum atomic E-state index is -0.512. The Bertz CT molecular complexity index is 1060. The van der Waals surface area contributed by atoms with E-state index in [0.29, 0.717) is 17.9 Å². The summed E-state index contributed by atoms with van der Waals surface area (Å²) in [5, 5.41) is 4.20. The molecule has 0 N–H and O–H groups in total. The SMILES string of the molecule is CCN(C(=O)c1nn(-c2ccccc2F)c(C)cc1=O)c1ccccc1C. The summed E-state index contributed by atoms with van der Waals surface area (Å²) in [5.74, 6) is -0.997. The number of halogens is 1. The summed E-state index contributed by atoms with van der Waals surface area (Å²) >= 11 is 0. The van der Waals surface area contributed by atoms with Gasteiger partial charge in [-0.3, -0.25) is 9.59 Å². The van der Waals surface area contributed by atoms with Crippen molar-refractivity contribution in [1.29, 1.82) is 0 Å². The van der Waals surface area contributed by atoms with Crippen LogP contribution in [0.4, 0.5) is 10.1 Å². The summed E-state index contributed by atoms with van der Waals surface area (Å²) in [6, 6.07) is 14.8. The summed E-state index contributed by atoms with van der Waals surface area (Å²) in [6.45, 7) is 5.74. The van der Waals surface area contributed by atoms with Crippen LogP contribution in [0.3, 0.4) is 0 Å². The lowest BCUT2D eigenvalue weighted by atomic mass is 10.1. The maximum atomic E-state index is 14.2. The number of amides is 1. The Morgan fingerprint density at radius 3 is 2.44 bits per heavy atom. The van der Waals surface area contributed by atoms with Gasteiger partial charge in [-0.25, -0.2) is 9.07 Å². The van der Waals surface area contributed by atoms with Crippen molar-refractivity contribution >= 4 is 11.6 Å². The van der Waals surface area contributed by atoms with Crippen LogP contribution >= 0.6 is 0 Å². The van der Waals surface area contributed by atoms with Crippen molar-refractivity contribution in [2.24, 2.45) is 0 Å². The number of anilines is 1. The predicted molar refractivity (Wildman–Crippen MR) is 103 cm³/mol. The molecule has 0 fully saturated rings. The molecule has 0 spiro atoms. The second kappa shape index (κ2) is 7.53. The molecular formula is C21H20FN3O2. The molecule has 1 heterocycles. The second-order valence-electron chi connectivity index (χ2n) is 6.20. The Hall–Kier alpha value is -3.28. The highest BCUT2D eigenvalue weighted by Crippen LogP contribution is 2.21. The van der Waals surface area contributed by atoms with Gasteiger partial charge >= 0.3 is 0 Å². The molecule has 0 aliphatic carbocycles. The van der Waals surface area contributed by atoms with E-state index in [9.17, 15) is 14.0 Å². The van der Waals surface area contributed by atoms with E-state index in [0.717, 1.165) is 5.56 Å². The van der Waals surface area contributed by atoms with Gasteiger partial charge < -0.3 is 4.90 Å². The monoisotopic (exact) mass is 365 g/mol. The molecule has 0 aliphatic rings. The van der Waals surface area contributed by atoms with Gasteiger partial charge in [0.2, 0.25) is 5.43 Å². The number of para-hydroxylation sites is 2. The van der Waals surface area contributed by atoms with Crippen LogP contribution in [-0.2, 0) is 0 Å². The highest BCUT2D eigenvalue weighted by molar-refractivity contribution is 6.05. The van der Waals surface area contributed by atoms with Crippen molar-refractivity contribution in [2.75, 3.05) is 11.4 Å². The molecule has 0 saturated carbocycles. The molecule has 3 aromatic rings. The van der Waals surface area contributed by atoms with E-state index in [1.54, 1.807) is 25.1 Å². The Labute approximate surface area is 156 Å². The fourth-order valence-electron chi connectivity index (χ4n) is 2.98. The van der Waals surface area contributed by atoms with Gasteiger partial charge in [0.25, 0.3) is 5.91 Å². The first-order chi connectivity index (χ1) is 12.9. The molecule has 5 nitrogen and oxygen atoms in total. The zero-order chi connectivity index (χ0) is 19.6. The lowest BCUT2D eigenvalue weighted by Crippen LogP contribution is -2.36. The van der Waals surface area contributed by atoms with Gasteiger partial charge in [-0.05, 0) is 44.5 Å². The third-order valence-electron chi connectivity index (χ3n) is 4.36. The molecule has 138 valence electrons. The number of benzene rings is 2. The van der Waals surface area contributed by atoms with E-state index in [1.165, 1.54) is 21.7 Å². The molecular weight excluding hydrogens is 345 g/mol. The van der Waals surface area contributed by atoms with E-state index in [2.05, 4.69) is 5.10 Å². The van der Waals surface area contributed by atoms with Gasteiger partial charge in [-0.2, -0.15) is 5.10 Å². The van der Waals surface area contributed by atoms with Gasteiger partial charge in [-0.1, -0.05) is 30.3 Å². The fraction of sp³-hybridized carbons (Fsp3) is 0.190. The van der Waals surface area contributed by atoms with E-state index in [-0.39, 0.29) is 11.4 Å². The molecule has 0 radical (unpaired) electrons. The van der Waals surface area contributed by atoms with Crippen molar-refractivity contribution in [3.63, 3.8) is 0 Å². The molecule has 1 aromatic heterocycles. The number of aryl methyl sites for hydroxylation is 2. The molecule has 0 aliphatic heterocycles.